The molecule has 0 bridgehead atoms. The maximum Gasteiger partial charge on any atom is 0.260 e. The Morgan fingerprint density at radius 3 is 2.12 bits per heavy atom. The molecule has 0 unspecified atom stereocenters. The number of carbonyl (C=O) groups excluding carboxylic acids is 4. The first-order chi connectivity index (χ1) is 28.5. The highest BCUT2D eigenvalue weighted by Crippen LogP contribution is 2.65. The first-order valence-corrected chi connectivity index (χ1v) is 19.9. The zero-order valence-electron chi connectivity index (χ0n) is 31.9. The summed E-state index contributed by atoms with van der Waals surface area (Å²) >= 11 is 12.8. The van der Waals surface area contributed by atoms with Crippen LogP contribution >= 0.6 is 23.2 Å². The predicted octanol–water partition coefficient (Wildman–Crippen LogP) is 8.65. The van der Waals surface area contributed by atoms with Crippen molar-refractivity contribution in [3.05, 3.63) is 148 Å². The minimum absolute atomic E-state index is 0.0658. The molecule has 9 rings (SSSR count). The molecule has 5 aromatic carbocycles. The zero-order valence-corrected chi connectivity index (χ0v) is 33.4. The summed E-state index contributed by atoms with van der Waals surface area (Å²) in [6, 6.07) is 33.3. The van der Waals surface area contributed by atoms with E-state index in [1.165, 1.54) is 31.3 Å². The van der Waals surface area contributed by atoms with Crippen molar-refractivity contribution < 1.29 is 33.8 Å². The molecule has 2 aliphatic carbocycles. The standard InChI is InChI=1S/C46H38Cl2N4O7/c1-58-30-15-8-25(9-16-30)46-36(43(55)52(45(46)57)50-38-21-10-26(47)22-37(38)48)24-35-32(41(46)33-18-17-31(59-2)23-39(33)53)19-20-34-40(35)44(56)51(42(34)54)29-13-11-28(12-14-29)49-27-6-4-3-5-7-27/h3-19,21-23,34-36,40-41,49-50,53H,20,24H2,1-2H3/t34-,35+,36-,40-,41+,46+/m0/s1. The minimum Gasteiger partial charge on any atom is -0.508 e. The molecule has 0 aromatic heterocycles. The van der Waals surface area contributed by atoms with Crippen LogP contribution in [0.2, 0.25) is 10.0 Å². The Balaban J connectivity index is 1.17. The van der Waals surface area contributed by atoms with Crippen LogP contribution in [0, 0.1) is 23.7 Å². The van der Waals surface area contributed by atoms with Gasteiger partial charge in [-0.2, -0.15) is 5.01 Å². The lowest BCUT2D eigenvalue weighted by molar-refractivity contribution is -0.138. The van der Waals surface area contributed by atoms with Crippen LogP contribution in [-0.2, 0) is 24.6 Å². The van der Waals surface area contributed by atoms with Crippen molar-refractivity contribution in [1.29, 1.82) is 0 Å². The Bertz CT molecular complexity index is 2550. The van der Waals surface area contributed by atoms with Crippen LogP contribution in [0.1, 0.15) is 29.9 Å². The number of ether oxygens (including phenoxy) is 2. The lowest BCUT2D eigenvalue weighted by Crippen LogP contribution is -2.53. The van der Waals surface area contributed by atoms with Gasteiger partial charge in [0.2, 0.25) is 11.8 Å². The molecule has 2 saturated heterocycles. The highest BCUT2D eigenvalue weighted by molar-refractivity contribution is 6.36. The van der Waals surface area contributed by atoms with E-state index in [4.69, 9.17) is 32.7 Å². The largest absolute Gasteiger partial charge is 0.508 e. The van der Waals surface area contributed by atoms with Crippen molar-refractivity contribution in [2.75, 3.05) is 29.9 Å². The molecule has 4 aliphatic rings. The van der Waals surface area contributed by atoms with Gasteiger partial charge in [0.05, 0.1) is 53.8 Å². The van der Waals surface area contributed by atoms with Gasteiger partial charge in [-0.15, -0.1) is 0 Å². The van der Waals surface area contributed by atoms with Crippen molar-refractivity contribution in [1.82, 2.24) is 5.01 Å². The molecule has 1 saturated carbocycles. The van der Waals surface area contributed by atoms with Gasteiger partial charge in [0.25, 0.3) is 11.8 Å². The second-order valence-electron chi connectivity index (χ2n) is 15.2. The summed E-state index contributed by atoms with van der Waals surface area (Å²) in [5.41, 5.74) is 5.31. The molecular weight excluding hydrogens is 791 g/mol. The van der Waals surface area contributed by atoms with E-state index >= 15 is 9.59 Å². The lowest BCUT2D eigenvalue weighted by atomic mass is 9.49. The van der Waals surface area contributed by atoms with Crippen molar-refractivity contribution >= 4 is 69.6 Å². The average Bonchev–Trinajstić information content (AvgIpc) is 3.63. The lowest BCUT2D eigenvalue weighted by Gasteiger charge is -2.50. The summed E-state index contributed by atoms with van der Waals surface area (Å²) in [4.78, 5) is 60.9. The Kier molecular flexibility index (Phi) is 9.60. The van der Waals surface area contributed by atoms with E-state index in [1.807, 2.05) is 48.5 Å². The fourth-order valence-electron chi connectivity index (χ4n) is 9.72. The fraction of sp³-hybridized carbons (Fsp3) is 0.217. The van der Waals surface area contributed by atoms with E-state index in [-0.39, 0.29) is 41.1 Å². The van der Waals surface area contributed by atoms with Crippen molar-refractivity contribution in [3.8, 4) is 17.2 Å². The van der Waals surface area contributed by atoms with Gasteiger partial charge >= 0.3 is 0 Å². The molecule has 3 fully saturated rings. The summed E-state index contributed by atoms with van der Waals surface area (Å²) in [7, 11) is 3.02. The molecule has 5 aromatic rings. The molecule has 4 amide bonds. The molecule has 59 heavy (non-hydrogen) atoms. The van der Waals surface area contributed by atoms with Crippen molar-refractivity contribution in [2.24, 2.45) is 23.7 Å². The van der Waals surface area contributed by atoms with Gasteiger partial charge in [-0.25, -0.2) is 0 Å². The Hall–Kier alpha value is -6.30. The predicted molar refractivity (Wildman–Crippen MR) is 224 cm³/mol. The van der Waals surface area contributed by atoms with Crippen LogP contribution < -0.4 is 25.1 Å². The monoisotopic (exact) mass is 828 g/mol. The average molecular weight is 830 g/mol. The first kappa shape index (κ1) is 38.2. The number of hydrogen-bond donors (Lipinski definition) is 3. The van der Waals surface area contributed by atoms with Crippen LogP contribution in [0.4, 0.5) is 22.7 Å². The number of hydrogen-bond acceptors (Lipinski definition) is 9. The maximum absolute atomic E-state index is 15.5. The van der Waals surface area contributed by atoms with E-state index in [0.717, 1.165) is 16.4 Å². The number of nitrogens with zero attached hydrogens (tertiary/aromatic N) is 2. The first-order valence-electron chi connectivity index (χ1n) is 19.2. The number of para-hydroxylation sites is 1. The highest BCUT2D eigenvalue weighted by Gasteiger charge is 2.70. The number of phenols is 1. The number of phenolic OH excluding ortho intramolecular Hbond substituents is 1. The number of hydrazine groups is 1. The number of imide groups is 2. The third-order valence-corrected chi connectivity index (χ3v) is 12.9. The SMILES string of the molecule is COc1ccc([C@@]23C(=O)N(Nc4ccc(Cl)cc4Cl)C(=O)[C@@H]2C[C@@H]2C(=CC[C@@H]4C(=O)N(c5ccc(Nc6ccccc6)cc5)C(=O)[C@@H]42)[C@@H]3c2ccc(OC)cc2O)cc1. The van der Waals surface area contributed by atoms with Gasteiger partial charge in [-0.1, -0.05) is 71.2 Å². The highest BCUT2D eigenvalue weighted by atomic mass is 35.5. The summed E-state index contributed by atoms with van der Waals surface area (Å²) in [6.07, 6.45) is 2.22. The number of halogens is 2. The van der Waals surface area contributed by atoms with Gasteiger partial charge in [-0.05, 0) is 97.1 Å². The number of allylic oxidation sites excluding steroid dienone is 2. The van der Waals surface area contributed by atoms with Gasteiger partial charge < -0.3 is 19.9 Å². The molecule has 11 nitrogen and oxygen atoms in total. The van der Waals surface area contributed by atoms with E-state index in [2.05, 4.69) is 10.7 Å². The topological polar surface area (TPSA) is 138 Å². The quantitative estimate of drug-likeness (QED) is 0.0985. The number of fused-ring (bicyclic) bond motifs is 4. The normalized spacial score (nSPS) is 24.6. The van der Waals surface area contributed by atoms with Gasteiger partial charge in [0.15, 0.2) is 0 Å². The molecule has 2 heterocycles. The summed E-state index contributed by atoms with van der Waals surface area (Å²) in [6.45, 7) is 0. The summed E-state index contributed by atoms with van der Waals surface area (Å²) in [5, 5.41) is 16.7. The van der Waals surface area contributed by atoms with E-state index < -0.39 is 46.8 Å². The number of nitrogens with one attached hydrogen (secondary N) is 2. The summed E-state index contributed by atoms with van der Waals surface area (Å²) < 4.78 is 10.9. The molecular formula is C46H38Cl2N4O7. The molecule has 3 N–H and O–H groups in total. The van der Waals surface area contributed by atoms with Crippen LogP contribution in [-0.4, -0.2) is 48.0 Å². The van der Waals surface area contributed by atoms with Crippen molar-refractivity contribution in [2.45, 2.75) is 24.2 Å². The molecule has 298 valence electrons. The van der Waals surface area contributed by atoms with E-state index in [9.17, 15) is 14.7 Å². The van der Waals surface area contributed by atoms with Crippen LogP contribution in [0.5, 0.6) is 17.2 Å². The number of anilines is 4. The number of benzene rings is 5. The number of amides is 4. The smallest absolute Gasteiger partial charge is 0.260 e. The van der Waals surface area contributed by atoms with Gasteiger partial charge in [0, 0.05) is 33.9 Å². The Morgan fingerprint density at radius 1 is 0.746 bits per heavy atom. The zero-order chi connectivity index (χ0) is 41.2. The second kappa shape index (κ2) is 14.8. The number of carbonyl (C=O) groups is 4. The Morgan fingerprint density at radius 2 is 1.44 bits per heavy atom. The van der Waals surface area contributed by atoms with Gasteiger partial charge in [0.1, 0.15) is 17.2 Å². The van der Waals surface area contributed by atoms with E-state index in [1.54, 1.807) is 60.7 Å². The third kappa shape index (κ3) is 6.10. The molecule has 2 aliphatic heterocycles. The van der Waals surface area contributed by atoms with Crippen LogP contribution in [0.25, 0.3) is 0 Å². The summed E-state index contributed by atoms with van der Waals surface area (Å²) in [5.74, 6) is -5.27. The molecule has 13 heteroatoms. The van der Waals surface area contributed by atoms with Crippen LogP contribution in [0.3, 0.4) is 0 Å². The second-order valence-corrected chi connectivity index (χ2v) is 16.0. The van der Waals surface area contributed by atoms with Crippen molar-refractivity contribution in [3.63, 3.8) is 0 Å². The minimum atomic E-state index is -1.64. The molecule has 0 radical (unpaired) electrons. The molecule has 0 spiro atoms. The van der Waals surface area contributed by atoms with E-state index in [0.29, 0.717) is 38.9 Å². The maximum atomic E-state index is 15.5. The number of aromatic hydroxyl groups is 1. The molecule has 6 atom stereocenters. The Labute approximate surface area is 350 Å². The number of rotatable bonds is 9. The van der Waals surface area contributed by atoms with Gasteiger partial charge in [-0.3, -0.25) is 29.5 Å². The number of methoxy groups -OCH3 is 2. The fourth-order valence-corrected chi connectivity index (χ4v) is 10.2. The van der Waals surface area contributed by atoms with Crippen LogP contribution in [0.15, 0.2) is 127 Å². The third-order valence-electron chi connectivity index (χ3n) is 12.3.